The number of piperidine rings is 1. The van der Waals surface area contributed by atoms with Crippen LogP contribution in [0.1, 0.15) is 69.9 Å². The molecule has 1 amide bonds. The van der Waals surface area contributed by atoms with Gasteiger partial charge in [0.05, 0.1) is 0 Å². The van der Waals surface area contributed by atoms with Crippen molar-refractivity contribution in [1.82, 2.24) is 4.90 Å². The first-order valence-electron chi connectivity index (χ1n) is 10.7. The maximum atomic E-state index is 12.9. The number of hydrogen-bond acceptors (Lipinski definition) is 2. The number of benzene rings is 1. The van der Waals surface area contributed by atoms with Crippen molar-refractivity contribution in [3.63, 3.8) is 0 Å². The molecule has 0 N–H and O–H groups in total. The molecule has 4 fully saturated rings. The summed E-state index contributed by atoms with van der Waals surface area (Å²) in [6, 6.07) is 9.10. The summed E-state index contributed by atoms with van der Waals surface area (Å²) in [5.74, 6) is 2.93. The van der Waals surface area contributed by atoms with Gasteiger partial charge >= 0.3 is 0 Å². The van der Waals surface area contributed by atoms with Crippen molar-refractivity contribution in [2.75, 3.05) is 13.1 Å². The summed E-state index contributed by atoms with van der Waals surface area (Å²) in [6.07, 6.45) is 4.41. The van der Waals surface area contributed by atoms with Crippen molar-refractivity contribution in [3.05, 3.63) is 35.4 Å². The molecule has 3 heteroatoms. The molecule has 1 saturated heterocycles. The molecule has 3 aliphatic carbocycles. The van der Waals surface area contributed by atoms with E-state index in [1.54, 1.807) is 0 Å². The van der Waals surface area contributed by atoms with E-state index in [0.717, 1.165) is 45.2 Å². The van der Waals surface area contributed by atoms with Gasteiger partial charge in [0.2, 0.25) is 5.91 Å². The number of carbonyl (C=O) groups excluding carboxylic acids is 2. The number of Topliss-reactive ketones (excluding diaryl/α,β-unsaturated/α-hetero) is 1. The van der Waals surface area contributed by atoms with E-state index in [0.29, 0.717) is 29.4 Å². The summed E-state index contributed by atoms with van der Waals surface area (Å²) in [7, 11) is 0. The Morgan fingerprint density at radius 1 is 1.15 bits per heavy atom. The molecule has 0 radical (unpaired) electrons. The zero-order valence-electron chi connectivity index (χ0n) is 16.8. The van der Waals surface area contributed by atoms with Crippen LogP contribution in [0.4, 0.5) is 0 Å². The fraction of sp³-hybridized carbons (Fsp3) is 0.667. The van der Waals surface area contributed by atoms with Crippen molar-refractivity contribution in [2.45, 2.75) is 64.2 Å². The van der Waals surface area contributed by atoms with Crippen LogP contribution in [-0.2, 0) is 15.0 Å². The van der Waals surface area contributed by atoms with Crippen molar-refractivity contribution in [2.24, 2.45) is 23.2 Å². The predicted octanol–water partition coefficient (Wildman–Crippen LogP) is 4.31. The van der Waals surface area contributed by atoms with Crippen LogP contribution < -0.4 is 0 Å². The molecule has 0 aromatic heterocycles. The summed E-state index contributed by atoms with van der Waals surface area (Å²) >= 11 is 0. The molecule has 1 heterocycles. The van der Waals surface area contributed by atoms with Crippen LogP contribution in [-0.4, -0.2) is 29.7 Å². The summed E-state index contributed by atoms with van der Waals surface area (Å²) in [6.45, 7) is 8.68. The number of nitrogens with zero attached hydrogens (tertiary/aromatic N) is 1. The van der Waals surface area contributed by atoms with Gasteiger partial charge in [-0.2, -0.15) is 0 Å². The molecule has 144 valence electrons. The number of ketones is 1. The minimum absolute atomic E-state index is 0.184. The Morgan fingerprint density at radius 2 is 1.85 bits per heavy atom. The van der Waals surface area contributed by atoms with E-state index in [4.69, 9.17) is 0 Å². The minimum Gasteiger partial charge on any atom is -0.342 e. The molecule has 3 saturated carbocycles. The van der Waals surface area contributed by atoms with E-state index in [2.05, 4.69) is 49.9 Å². The Kier molecular flexibility index (Phi) is 3.68. The largest absolute Gasteiger partial charge is 0.342 e. The van der Waals surface area contributed by atoms with Gasteiger partial charge in [-0.25, -0.2) is 0 Å². The topological polar surface area (TPSA) is 37.4 Å². The lowest BCUT2D eigenvalue weighted by molar-refractivity contribution is -0.143. The first-order chi connectivity index (χ1) is 12.8. The monoisotopic (exact) mass is 365 g/mol. The molecule has 5 rings (SSSR count). The van der Waals surface area contributed by atoms with Gasteiger partial charge in [-0.15, -0.1) is 0 Å². The lowest BCUT2D eigenvalue weighted by Gasteiger charge is -2.45. The Labute approximate surface area is 162 Å². The molecule has 27 heavy (non-hydrogen) atoms. The Hall–Kier alpha value is -1.64. The molecule has 1 aliphatic heterocycles. The average Bonchev–Trinajstić information content (AvgIpc) is 2.93. The molecule has 1 unspecified atom stereocenters. The van der Waals surface area contributed by atoms with Crippen molar-refractivity contribution in [3.8, 4) is 0 Å². The summed E-state index contributed by atoms with van der Waals surface area (Å²) in [4.78, 5) is 26.6. The number of amides is 1. The number of fused-ring (bicyclic) bond motifs is 1. The molecular weight excluding hydrogens is 334 g/mol. The predicted molar refractivity (Wildman–Crippen MR) is 105 cm³/mol. The van der Waals surface area contributed by atoms with Crippen LogP contribution in [0.3, 0.4) is 0 Å². The van der Waals surface area contributed by atoms with Gasteiger partial charge in [0.25, 0.3) is 0 Å². The number of likely N-dealkylation sites (tertiary alicyclic amines) is 1. The lowest BCUT2D eigenvalue weighted by atomic mass is 9.60. The molecule has 1 spiro atoms. The van der Waals surface area contributed by atoms with Gasteiger partial charge in [0.1, 0.15) is 5.78 Å². The highest BCUT2D eigenvalue weighted by molar-refractivity contribution is 5.84. The minimum atomic E-state index is 0.184. The smallest absolute Gasteiger partial charge is 0.225 e. The zero-order valence-corrected chi connectivity index (χ0v) is 16.8. The van der Waals surface area contributed by atoms with Gasteiger partial charge in [0, 0.05) is 31.8 Å². The van der Waals surface area contributed by atoms with E-state index < -0.39 is 0 Å². The first kappa shape index (κ1) is 17.5. The van der Waals surface area contributed by atoms with Gasteiger partial charge < -0.3 is 4.90 Å². The van der Waals surface area contributed by atoms with Crippen LogP contribution in [0.25, 0.3) is 0 Å². The van der Waals surface area contributed by atoms with Gasteiger partial charge in [-0.05, 0) is 59.0 Å². The summed E-state index contributed by atoms with van der Waals surface area (Å²) in [5.41, 5.74) is 3.26. The highest BCUT2D eigenvalue weighted by Gasteiger charge is 2.59. The Morgan fingerprint density at radius 3 is 2.44 bits per heavy atom. The number of carbonyl (C=O) groups is 2. The van der Waals surface area contributed by atoms with Crippen LogP contribution in [0.15, 0.2) is 24.3 Å². The fourth-order valence-corrected chi connectivity index (χ4v) is 6.18. The summed E-state index contributed by atoms with van der Waals surface area (Å²) in [5, 5.41) is 0. The fourth-order valence-electron chi connectivity index (χ4n) is 6.18. The summed E-state index contributed by atoms with van der Waals surface area (Å²) < 4.78 is 0. The van der Waals surface area contributed by atoms with Crippen molar-refractivity contribution in [1.29, 1.82) is 0 Å². The molecule has 1 aromatic carbocycles. The van der Waals surface area contributed by atoms with Crippen molar-refractivity contribution >= 4 is 11.7 Å². The highest BCUT2D eigenvalue weighted by atomic mass is 16.2. The number of hydrogen-bond donors (Lipinski definition) is 0. The third-order valence-corrected chi connectivity index (χ3v) is 7.86. The standard InChI is InChI=1S/C24H31NO2/c1-23(2,3)17-6-4-5-15(9-17)21-19-13-25(14-20(19)21)22(27)16-10-24(11-16)8-7-18(26)12-24/h4-6,9,16,19-21H,7-8,10-14H2,1-3H3/t16?,19-,20+,21?,24?. The van der Waals surface area contributed by atoms with Crippen LogP contribution >= 0.6 is 0 Å². The number of rotatable bonds is 2. The Balaban J connectivity index is 1.18. The van der Waals surface area contributed by atoms with Crippen LogP contribution in [0.5, 0.6) is 0 Å². The average molecular weight is 366 g/mol. The molecular formula is C24H31NO2. The van der Waals surface area contributed by atoms with E-state index in [1.807, 2.05) is 0 Å². The van der Waals surface area contributed by atoms with E-state index in [9.17, 15) is 9.59 Å². The van der Waals surface area contributed by atoms with Gasteiger partial charge in [-0.1, -0.05) is 45.0 Å². The zero-order chi connectivity index (χ0) is 19.0. The molecule has 1 aromatic rings. The van der Waals surface area contributed by atoms with Crippen LogP contribution in [0, 0.1) is 23.2 Å². The maximum absolute atomic E-state index is 12.9. The second-order valence-electron chi connectivity index (χ2n) is 10.8. The van der Waals surface area contributed by atoms with Gasteiger partial charge in [-0.3, -0.25) is 9.59 Å². The first-order valence-corrected chi connectivity index (χ1v) is 10.7. The third-order valence-electron chi connectivity index (χ3n) is 7.86. The second-order valence-corrected chi connectivity index (χ2v) is 10.8. The Bertz CT molecular complexity index is 787. The molecule has 3 nitrogen and oxygen atoms in total. The SMILES string of the molecule is CC(C)(C)c1cccc(C2[C@H]3CN(C(=O)C4CC5(CCC(=O)C5)C4)C[C@@H]23)c1. The highest BCUT2D eigenvalue weighted by Crippen LogP contribution is 2.60. The quantitative estimate of drug-likeness (QED) is 0.783. The maximum Gasteiger partial charge on any atom is 0.225 e. The lowest BCUT2D eigenvalue weighted by Crippen LogP contribution is -2.46. The van der Waals surface area contributed by atoms with Crippen LogP contribution in [0.2, 0.25) is 0 Å². The molecule has 3 atom stereocenters. The molecule has 4 aliphatic rings. The van der Waals surface area contributed by atoms with E-state index in [-0.39, 0.29) is 16.7 Å². The second kappa shape index (κ2) is 5.68. The van der Waals surface area contributed by atoms with E-state index in [1.165, 1.54) is 11.1 Å². The third kappa shape index (κ3) is 2.85. The van der Waals surface area contributed by atoms with E-state index >= 15 is 0 Å². The molecule has 0 bridgehead atoms. The van der Waals surface area contributed by atoms with Crippen molar-refractivity contribution < 1.29 is 9.59 Å². The van der Waals surface area contributed by atoms with Gasteiger partial charge in [0.15, 0.2) is 0 Å². The normalized spacial score (nSPS) is 37.4.